The van der Waals surface area contributed by atoms with Crippen LogP contribution in [0.2, 0.25) is 0 Å². The molecule has 0 saturated carbocycles. The van der Waals surface area contributed by atoms with Crippen LogP contribution in [0.5, 0.6) is 0 Å². The summed E-state index contributed by atoms with van der Waals surface area (Å²) in [6, 6.07) is 3.45. The van der Waals surface area contributed by atoms with Crippen LogP contribution < -0.4 is 0 Å². The van der Waals surface area contributed by atoms with E-state index in [0.717, 1.165) is 9.40 Å². The Bertz CT molecular complexity index is 771. The van der Waals surface area contributed by atoms with E-state index in [1.807, 2.05) is 11.4 Å². The van der Waals surface area contributed by atoms with Crippen LogP contribution in [0, 0.1) is 0 Å². The van der Waals surface area contributed by atoms with Crippen LogP contribution in [0.3, 0.4) is 0 Å². The molecule has 0 aliphatic heterocycles. The van der Waals surface area contributed by atoms with E-state index < -0.39 is 23.6 Å². The van der Waals surface area contributed by atoms with Gasteiger partial charge < -0.3 is 9.52 Å². The van der Waals surface area contributed by atoms with Gasteiger partial charge in [0.15, 0.2) is 5.69 Å². The lowest BCUT2D eigenvalue weighted by molar-refractivity contribution is -0.141. The summed E-state index contributed by atoms with van der Waals surface area (Å²) in [7, 11) is 0. The largest absolute Gasteiger partial charge is 0.475 e. The lowest BCUT2D eigenvalue weighted by Gasteiger charge is -2.00. The zero-order valence-corrected chi connectivity index (χ0v) is 11.0. The van der Waals surface area contributed by atoms with Crippen molar-refractivity contribution in [3.05, 3.63) is 29.0 Å². The van der Waals surface area contributed by atoms with Gasteiger partial charge in [-0.1, -0.05) is 0 Å². The molecule has 3 aromatic heterocycles. The van der Waals surface area contributed by atoms with Gasteiger partial charge in [-0.05, 0) is 17.5 Å². The number of carboxylic acids is 1. The molecule has 0 spiro atoms. The smallest absolute Gasteiger partial charge is 0.437 e. The molecule has 3 aromatic rings. The number of halogens is 3. The third-order valence-electron chi connectivity index (χ3n) is 2.44. The number of rotatable bonds is 2. The molecule has 1 N–H and O–H groups in total. The molecule has 104 valence electrons. The molecule has 20 heavy (non-hydrogen) atoms. The van der Waals surface area contributed by atoms with Crippen molar-refractivity contribution < 1.29 is 27.5 Å². The molecular weight excluding hydrogens is 315 g/mol. The second kappa shape index (κ2) is 4.32. The fourth-order valence-corrected chi connectivity index (χ4v) is 3.67. The molecular formula is C11H4F3NO3S2. The normalized spacial score (nSPS) is 12.2. The third kappa shape index (κ3) is 2.08. The molecule has 0 aromatic carbocycles. The van der Waals surface area contributed by atoms with Crippen molar-refractivity contribution in [2.75, 3.05) is 0 Å². The Labute approximate surface area is 117 Å². The molecule has 0 saturated heterocycles. The van der Waals surface area contributed by atoms with E-state index in [1.54, 1.807) is 6.07 Å². The number of alkyl halides is 3. The fourth-order valence-electron chi connectivity index (χ4n) is 1.63. The summed E-state index contributed by atoms with van der Waals surface area (Å²) in [5, 5.41) is 10.6. The lowest BCUT2D eigenvalue weighted by Crippen LogP contribution is -2.11. The van der Waals surface area contributed by atoms with Crippen molar-refractivity contribution in [3.8, 4) is 10.8 Å². The van der Waals surface area contributed by atoms with E-state index in [2.05, 4.69) is 4.98 Å². The van der Waals surface area contributed by atoms with Crippen molar-refractivity contribution in [2.24, 2.45) is 0 Å². The Morgan fingerprint density at radius 1 is 1.35 bits per heavy atom. The molecule has 0 aliphatic carbocycles. The van der Waals surface area contributed by atoms with Gasteiger partial charge in [-0.2, -0.15) is 13.2 Å². The topological polar surface area (TPSA) is 63.3 Å². The average molecular weight is 319 g/mol. The van der Waals surface area contributed by atoms with Crippen LogP contribution in [0.4, 0.5) is 13.2 Å². The Kier molecular flexibility index (Phi) is 2.83. The zero-order chi connectivity index (χ0) is 14.5. The van der Waals surface area contributed by atoms with Crippen LogP contribution in [0.25, 0.3) is 20.2 Å². The zero-order valence-electron chi connectivity index (χ0n) is 9.39. The van der Waals surface area contributed by atoms with Crippen molar-refractivity contribution in [2.45, 2.75) is 6.18 Å². The average Bonchev–Trinajstić information content (AvgIpc) is 3.00. The van der Waals surface area contributed by atoms with Gasteiger partial charge in [-0.3, -0.25) is 0 Å². The predicted molar refractivity (Wildman–Crippen MR) is 67.2 cm³/mol. The number of oxazole rings is 1. The van der Waals surface area contributed by atoms with Crippen molar-refractivity contribution in [1.29, 1.82) is 0 Å². The maximum Gasteiger partial charge on any atom is 0.437 e. The Hall–Kier alpha value is -1.87. The molecule has 0 amide bonds. The third-order valence-corrected chi connectivity index (χ3v) is 4.52. The van der Waals surface area contributed by atoms with Gasteiger partial charge in [-0.25, -0.2) is 9.78 Å². The first-order chi connectivity index (χ1) is 9.36. The van der Waals surface area contributed by atoms with Gasteiger partial charge in [-0.15, -0.1) is 22.7 Å². The summed E-state index contributed by atoms with van der Waals surface area (Å²) in [6.07, 6.45) is -4.87. The number of fused-ring (bicyclic) bond motifs is 1. The Morgan fingerprint density at radius 3 is 2.65 bits per heavy atom. The lowest BCUT2D eigenvalue weighted by atomic mass is 10.3. The van der Waals surface area contributed by atoms with E-state index in [4.69, 9.17) is 9.52 Å². The summed E-state index contributed by atoms with van der Waals surface area (Å²) >= 11 is 2.62. The molecule has 3 heterocycles. The maximum atomic E-state index is 12.7. The summed E-state index contributed by atoms with van der Waals surface area (Å²) in [5.41, 5.74) is -1.52. The maximum absolute atomic E-state index is 12.7. The number of thiophene rings is 2. The van der Waals surface area contributed by atoms with Crippen LogP contribution in [0.15, 0.2) is 21.9 Å². The number of carboxylic acid groups (broad SMARTS) is 1. The Morgan fingerprint density at radius 2 is 2.10 bits per heavy atom. The first-order valence-electron chi connectivity index (χ1n) is 5.15. The van der Waals surface area contributed by atoms with Gasteiger partial charge in [0.1, 0.15) is 0 Å². The molecule has 0 unspecified atom stereocenters. The minimum atomic E-state index is -4.87. The summed E-state index contributed by atoms with van der Waals surface area (Å²) in [6.45, 7) is 0. The molecule has 0 radical (unpaired) electrons. The quantitative estimate of drug-likeness (QED) is 0.763. The number of aromatic carboxylic acids is 1. The van der Waals surface area contributed by atoms with Gasteiger partial charge in [0.25, 0.3) is 0 Å². The Balaban J connectivity index is 2.15. The van der Waals surface area contributed by atoms with E-state index in [0.29, 0.717) is 4.88 Å². The minimum Gasteiger partial charge on any atom is -0.475 e. The molecule has 0 bridgehead atoms. The molecule has 0 atom stereocenters. The molecule has 9 heteroatoms. The molecule has 0 fully saturated rings. The minimum absolute atomic E-state index is 0.330. The van der Waals surface area contributed by atoms with E-state index >= 15 is 0 Å². The first-order valence-corrected chi connectivity index (χ1v) is 6.84. The second-order valence-corrected chi connectivity index (χ2v) is 5.79. The van der Waals surface area contributed by atoms with Gasteiger partial charge in [0.2, 0.25) is 11.7 Å². The van der Waals surface area contributed by atoms with Crippen molar-refractivity contribution >= 4 is 38.0 Å². The first kappa shape index (κ1) is 13.1. The summed E-state index contributed by atoms with van der Waals surface area (Å²) < 4.78 is 44.6. The van der Waals surface area contributed by atoms with Crippen LogP contribution in [-0.2, 0) is 6.18 Å². The van der Waals surface area contributed by atoms with Crippen LogP contribution in [-0.4, -0.2) is 16.1 Å². The standard InChI is InChI=1S/C11H4F3NO3S2/c12-11(13,14)8-7(10(16)17)18-9(15-8)6-3-5-4(20-6)1-2-19-5/h1-3H,(H,16,17). The number of nitrogens with zero attached hydrogens (tertiary/aromatic N) is 1. The second-order valence-electron chi connectivity index (χ2n) is 3.76. The number of aromatic nitrogens is 1. The number of hydrogen-bond acceptors (Lipinski definition) is 5. The van der Waals surface area contributed by atoms with Gasteiger partial charge >= 0.3 is 12.1 Å². The monoisotopic (exact) mass is 319 g/mol. The van der Waals surface area contributed by atoms with Gasteiger partial charge in [0, 0.05) is 9.40 Å². The highest BCUT2D eigenvalue weighted by atomic mass is 32.1. The SMILES string of the molecule is O=C(O)c1oc(-c2cc3sccc3s2)nc1C(F)(F)F. The molecule has 3 rings (SSSR count). The summed E-state index contributed by atoms with van der Waals surface area (Å²) in [4.78, 5) is 14.5. The molecule has 0 aliphatic rings. The van der Waals surface area contributed by atoms with Crippen LogP contribution in [0.1, 0.15) is 16.2 Å². The van der Waals surface area contributed by atoms with E-state index in [-0.39, 0.29) is 5.89 Å². The van der Waals surface area contributed by atoms with Gasteiger partial charge in [0.05, 0.1) is 4.88 Å². The summed E-state index contributed by atoms with van der Waals surface area (Å²) in [5.74, 6) is -3.32. The highest BCUT2D eigenvalue weighted by molar-refractivity contribution is 7.28. The fraction of sp³-hybridized carbons (Fsp3) is 0.0909. The predicted octanol–water partition coefficient (Wildman–Crippen LogP) is 4.33. The number of hydrogen-bond donors (Lipinski definition) is 1. The van der Waals surface area contributed by atoms with Crippen molar-refractivity contribution in [1.82, 2.24) is 4.98 Å². The highest BCUT2D eigenvalue weighted by Crippen LogP contribution is 2.39. The molecule has 4 nitrogen and oxygen atoms in total. The van der Waals surface area contributed by atoms with E-state index in [9.17, 15) is 18.0 Å². The number of carbonyl (C=O) groups is 1. The van der Waals surface area contributed by atoms with E-state index in [1.165, 1.54) is 22.7 Å². The highest BCUT2D eigenvalue weighted by Gasteiger charge is 2.41. The van der Waals surface area contributed by atoms with Crippen molar-refractivity contribution in [3.63, 3.8) is 0 Å². The van der Waals surface area contributed by atoms with Crippen LogP contribution >= 0.6 is 22.7 Å².